The molecule has 2 aromatic carbocycles. The molecular weight excluding hydrogens is 395 g/mol. The molecule has 4 rings (SSSR count). The molecule has 5 heteroatoms. The smallest absolute Gasteiger partial charge is 0.257 e. The maximum atomic E-state index is 13.1. The fourth-order valence-electron chi connectivity index (χ4n) is 3.66. The number of fused-ring (bicyclic) bond motifs is 3. The Bertz CT molecular complexity index is 1030. The standard InChI is InChI=1S/C21H18BrFN2O/c1-21(2)12-25(20(26)13-3-6-15(23)7-4-13)10-9-17-19(21)16-8-5-14(22)11-18(16)24-17/h3-11,24H,12H2,1-2H3. The molecule has 0 unspecified atom stereocenters. The van der Waals surface area contributed by atoms with E-state index in [1.54, 1.807) is 4.90 Å². The summed E-state index contributed by atoms with van der Waals surface area (Å²) in [6.45, 7) is 4.81. The van der Waals surface area contributed by atoms with Crippen LogP contribution in [0.4, 0.5) is 4.39 Å². The van der Waals surface area contributed by atoms with Crippen molar-refractivity contribution in [1.82, 2.24) is 9.88 Å². The number of amides is 1. The summed E-state index contributed by atoms with van der Waals surface area (Å²) < 4.78 is 14.2. The fraction of sp³-hybridized carbons (Fsp3) is 0.190. The third kappa shape index (κ3) is 2.86. The van der Waals surface area contributed by atoms with E-state index in [-0.39, 0.29) is 17.1 Å². The quantitative estimate of drug-likeness (QED) is 0.564. The molecule has 0 saturated carbocycles. The van der Waals surface area contributed by atoms with Gasteiger partial charge in [0.2, 0.25) is 0 Å². The van der Waals surface area contributed by atoms with E-state index in [1.165, 1.54) is 29.8 Å². The fourth-order valence-corrected chi connectivity index (χ4v) is 4.03. The Labute approximate surface area is 159 Å². The van der Waals surface area contributed by atoms with Gasteiger partial charge in [-0.25, -0.2) is 4.39 Å². The van der Waals surface area contributed by atoms with Crippen LogP contribution in [0.5, 0.6) is 0 Å². The number of nitrogens with zero attached hydrogens (tertiary/aromatic N) is 1. The molecule has 1 aromatic heterocycles. The van der Waals surface area contributed by atoms with E-state index in [4.69, 9.17) is 0 Å². The number of carbonyl (C=O) groups excluding carboxylic acids is 1. The summed E-state index contributed by atoms with van der Waals surface area (Å²) in [5, 5.41) is 1.16. The molecule has 0 atom stereocenters. The summed E-state index contributed by atoms with van der Waals surface area (Å²) in [5.41, 5.74) is 3.51. The van der Waals surface area contributed by atoms with E-state index < -0.39 is 0 Å². The number of hydrogen-bond acceptors (Lipinski definition) is 1. The van der Waals surface area contributed by atoms with E-state index in [2.05, 4.69) is 46.9 Å². The van der Waals surface area contributed by atoms with E-state index in [0.29, 0.717) is 12.1 Å². The summed E-state index contributed by atoms with van der Waals surface area (Å²) in [6, 6.07) is 11.9. The highest BCUT2D eigenvalue weighted by atomic mass is 79.9. The van der Waals surface area contributed by atoms with Gasteiger partial charge in [0.15, 0.2) is 0 Å². The SMILES string of the molecule is CC1(C)CN(C(=O)c2ccc(F)cc2)C=Cc2[nH]c3cc(Br)ccc3c21. The van der Waals surface area contributed by atoms with Crippen LogP contribution in [0.15, 0.2) is 53.1 Å². The number of carbonyl (C=O) groups is 1. The number of hydrogen-bond donors (Lipinski definition) is 1. The van der Waals surface area contributed by atoms with E-state index in [9.17, 15) is 9.18 Å². The van der Waals surface area contributed by atoms with Crippen LogP contribution in [-0.4, -0.2) is 22.3 Å². The van der Waals surface area contributed by atoms with Crippen molar-refractivity contribution in [2.24, 2.45) is 0 Å². The third-order valence-electron chi connectivity index (χ3n) is 4.81. The van der Waals surface area contributed by atoms with Gasteiger partial charge in [-0.1, -0.05) is 35.8 Å². The maximum absolute atomic E-state index is 13.1. The summed E-state index contributed by atoms with van der Waals surface area (Å²) in [6.07, 6.45) is 3.75. The van der Waals surface area contributed by atoms with Crippen LogP contribution in [0.1, 0.15) is 35.5 Å². The topological polar surface area (TPSA) is 36.1 Å². The molecule has 132 valence electrons. The van der Waals surface area contributed by atoms with Gasteiger partial charge in [-0.05, 0) is 48.0 Å². The van der Waals surface area contributed by atoms with Crippen LogP contribution in [0.25, 0.3) is 17.0 Å². The minimum absolute atomic E-state index is 0.133. The molecule has 1 N–H and O–H groups in total. The lowest BCUT2D eigenvalue weighted by molar-refractivity contribution is 0.0801. The number of aromatic nitrogens is 1. The highest BCUT2D eigenvalue weighted by Crippen LogP contribution is 2.38. The van der Waals surface area contributed by atoms with Crippen molar-refractivity contribution in [2.45, 2.75) is 19.3 Å². The number of rotatable bonds is 1. The predicted octanol–water partition coefficient (Wildman–Crippen LogP) is 5.47. The zero-order valence-electron chi connectivity index (χ0n) is 14.5. The van der Waals surface area contributed by atoms with E-state index in [0.717, 1.165) is 21.1 Å². The molecule has 0 saturated heterocycles. The summed E-state index contributed by atoms with van der Waals surface area (Å²) in [5.74, 6) is -0.479. The Hall–Kier alpha value is -2.40. The van der Waals surface area contributed by atoms with Crippen LogP contribution < -0.4 is 0 Å². The first kappa shape index (κ1) is 17.0. The van der Waals surface area contributed by atoms with Crippen LogP contribution >= 0.6 is 15.9 Å². The molecule has 1 aliphatic rings. The lowest BCUT2D eigenvalue weighted by atomic mass is 9.82. The minimum atomic E-state index is -0.346. The molecule has 0 radical (unpaired) electrons. The van der Waals surface area contributed by atoms with Crippen molar-refractivity contribution in [2.75, 3.05) is 6.54 Å². The monoisotopic (exact) mass is 412 g/mol. The molecule has 26 heavy (non-hydrogen) atoms. The van der Waals surface area contributed by atoms with Crippen LogP contribution in [0.3, 0.4) is 0 Å². The molecule has 1 amide bonds. The molecule has 0 fully saturated rings. The van der Waals surface area contributed by atoms with Gasteiger partial charge >= 0.3 is 0 Å². The Balaban J connectivity index is 1.76. The van der Waals surface area contributed by atoms with Crippen LogP contribution in [0, 0.1) is 5.82 Å². The molecule has 0 spiro atoms. The van der Waals surface area contributed by atoms with Crippen molar-refractivity contribution in [3.05, 3.63) is 75.8 Å². The Morgan fingerprint density at radius 3 is 2.65 bits per heavy atom. The normalized spacial score (nSPS) is 15.8. The molecule has 0 bridgehead atoms. The van der Waals surface area contributed by atoms with Gasteiger partial charge < -0.3 is 9.88 Å². The van der Waals surface area contributed by atoms with E-state index >= 15 is 0 Å². The summed E-state index contributed by atoms with van der Waals surface area (Å²) in [4.78, 5) is 18.0. The number of H-pyrrole nitrogens is 1. The van der Waals surface area contributed by atoms with Gasteiger partial charge in [-0.2, -0.15) is 0 Å². The highest BCUT2D eigenvalue weighted by Gasteiger charge is 2.32. The molecular formula is C21H18BrFN2O. The maximum Gasteiger partial charge on any atom is 0.257 e. The summed E-state index contributed by atoms with van der Waals surface area (Å²) in [7, 11) is 0. The van der Waals surface area contributed by atoms with Crippen molar-refractivity contribution < 1.29 is 9.18 Å². The molecule has 3 nitrogen and oxygen atoms in total. The van der Waals surface area contributed by atoms with Crippen molar-refractivity contribution >= 4 is 38.8 Å². The molecule has 2 heterocycles. The average molecular weight is 413 g/mol. The third-order valence-corrected chi connectivity index (χ3v) is 5.30. The first-order valence-corrected chi connectivity index (χ1v) is 9.21. The number of aromatic amines is 1. The first-order valence-electron chi connectivity index (χ1n) is 8.42. The number of halogens is 2. The molecule has 1 aliphatic heterocycles. The van der Waals surface area contributed by atoms with Crippen molar-refractivity contribution in [1.29, 1.82) is 0 Å². The summed E-state index contributed by atoms with van der Waals surface area (Å²) >= 11 is 3.51. The van der Waals surface area contributed by atoms with E-state index in [1.807, 2.05) is 18.3 Å². The van der Waals surface area contributed by atoms with Crippen LogP contribution in [0.2, 0.25) is 0 Å². The molecule has 3 aromatic rings. The Kier molecular flexibility index (Phi) is 3.99. The zero-order valence-corrected chi connectivity index (χ0v) is 16.1. The second kappa shape index (κ2) is 6.09. The first-order chi connectivity index (χ1) is 12.3. The Morgan fingerprint density at radius 2 is 1.92 bits per heavy atom. The highest BCUT2D eigenvalue weighted by molar-refractivity contribution is 9.10. The lowest BCUT2D eigenvalue weighted by Crippen LogP contribution is -2.36. The van der Waals surface area contributed by atoms with Gasteiger partial charge in [-0.3, -0.25) is 4.79 Å². The van der Waals surface area contributed by atoms with Gasteiger partial charge in [0.05, 0.1) is 0 Å². The zero-order chi connectivity index (χ0) is 18.5. The second-order valence-electron chi connectivity index (χ2n) is 7.24. The van der Waals surface area contributed by atoms with Gasteiger partial charge in [0, 0.05) is 44.8 Å². The number of nitrogens with one attached hydrogen (secondary N) is 1. The van der Waals surface area contributed by atoms with Crippen molar-refractivity contribution in [3.63, 3.8) is 0 Å². The van der Waals surface area contributed by atoms with Crippen LogP contribution in [-0.2, 0) is 5.41 Å². The largest absolute Gasteiger partial charge is 0.355 e. The average Bonchev–Trinajstić information content (AvgIpc) is 2.90. The van der Waals surface area contributed by atoms with Gasteiger partial charge in [0.1, 0.15) is 5.82 Å². The van der Waals surface area contributed by atoms with Gasteiger partial charge in [-0.15, -0.1) is 0 Å². The number of benzene rings is 2. The minimum Gasteiger partial charge on any atom is -0.355 e. The van der Waals surface area contributed by atoms with Gasteiger partial charge in [0.25, 0.3) is 5.91 Å². The predicted molar refractivity (Wildman–Crippen MR) is 105 cm³/mol. The lowest BCUT2D eigenvalue weighted by Gasteiger charge is -2.29. The second-order valence-corrected chi connectivity index (χ2v) is 8.16. The molecule has 0 aliphatic carbocycles. The Morgan fingerprint density at radius 1 is 1.19 bits per heavy atom. The van der Waals surface area contributed by atoms with Crippen molar-refractivity contribution in [3.8, 4) is 0 Å².